The number of halogens is 1. The standard InChI is InChI=1S/C27H18ClN3O4/c1-34-27(33)18-11-13-22(28)21(15-18)24-14-12-19(35-24)16-29-31-25(17-7-3-2-4-8-17)30-23-10-6-5-9-20(23)26(31)32/h2-16H,1H3. The first-order valence-corrected chi connectivity index (χ1v) is 11.0. The number of aromatic nitrogens is 2. The molecule has 5 aromatic rings. The molecule has 7 nitrogen and oxygen atoms in total. The number of fused-ring (bicyclic) bond motifs is 1. The number of carbonyl (C=O) groups is 1. The molecule has 0 saturated heterocycles. The van der Waals surface area contributed by atoms with Crippen molar-refractivity contribution in [2.75, 3.05) is 7.11 Å². The third kappa shape index (κ3) is 4.37. The van der Waals surface area contributed by atoms with Gasteiger partial charge in [-0.3, -0.25) is 4.79 Å². The Morgan fingerprint density at radius 2 is 1.80 bits per heavy atom. The molecule has 8 heteroatoms. The van der Waals surface area contributed by atoms with Crippen LogP contribution in [-0.2, 0) is 4.74 Å². The highest BCUT2D eigenvalue weighted by Crippen LogP contribution is 2.30. The summed E-state index contributed by atoms with van der Waals surface area (Å²) in [5.74, 6) is 0.757. The first kappa shape index (κ1) is 22.3. The van der Waals surface area contributed by atoms with Crippen molar-refractivity contribution in [1.82, 2.24) is 9.66 Å². The molecule has 0 aliphatic rings. The van der Waals surface area contributed by atoms with Crippen molar-refractivity contribution in [3.63, 3.8) is 0 Å². The number of para-hydroxylation sites is 1. The van der Waals surface area contributed by atoms with Crippen LogP contribution >= 0.6 is 11.6 Å². The normalized spacial score (nSPS) is 11.3. The minimum atomic E-state index is -0.479. The van der Waals surface area contributed by atoms with Gasteiger partial charge in [-0.1, -0.05) is 54.1 Å². The number of hydrogen-bond donors (Lipinski definition) is 0. The van der Waals surface area contributed by atoms with Gasteiger partial charge in [-0.25, -0.2) is 9.78 Å². The Hall–Kier alpha value is -4.49. The van der Waals surface area contributed by atoms with E-state index in [0.29, 0.717) is 44.4 Å². The van der Waals surface area contributed by atoms with E-state index in [2.05, 4.69) is 10.1 Å². The molecule has 0 aliphatic carbocycles. The van der Waals surface area contributed by atoms with Crippen molar-refractivity contribution < 1.29 is 13.9 Å². The minimum absolute atomic E-state index is 0.300. The van der Waals surface area contributed by atoms with E-state index >= 15 is 0 Å². The number of esters is 1. The molecule has 2 aromatic heterocycles. The van der Waals surface area contributed by atoms with Gasteiger partial charge in [-0.05, 0) is 42.5 Å². The smallest absolute Gasteiger partial charge is 0.337 e. The quantitative estimate of drug-likeness (QED) is 0.238. The monoisotopic (exact) mass is 483 g/mol. The largest absolute Gasteiger partial charge is 0.465 e. The molecule has 0 unspecified atom stereocenters. The zero-order chi connectivity index (χ0) is 24.4. The Morgan fingerprint density at radius 1 is 1.03 bits per heavy atom. The molecule has 3 aromatic carbocycles. The topological polar surface area (TPSA) is 86.7 Å². The predicted octanol–water partition coefficient (Wildman–Crippen LogP) is 5.65. The fourth-order valence-corrected chi connectivity index (χ4v) is 3.86. The summed E-state index contributed by atoms with van der Waals surface area (Å²) in [5, 5.41) is 5.27. The van der Waals surface area contributed by atoms with Crippen LogP contribution < -0.4 is 5.56 Å². The van der Waals surface area contributed by atoms with Gasteiger partial charge in [-0.2, -0.15) is 9.78 Å². The highest BCUT2D eigenvalue weighted by atomic mass is 35.5. The van der Waals surface area contributed by atoms with Crippen molar-refractivity contribution in [2.45, 2.75) is 0 Å². The van der Waals surface area contributed by atoms with Gasteiger partial charge in [0.1, 0.15) is 11.5 Å². The Bertz CT molecular complexity index is 1640. The molecule has 0 fully saturated rings. The van der Waals surface area contributed by atoms with Crippen molar-refractivity contribution in [1.29, 1.82) is 0 Å². The van der Waals surface area contributed by atoms with Gasteiger partial charge < -0.3 is 9.15 Å². The third-order valence-corrected chi connectivity index (χ3v) is 5.70. The molecule has 0 N–H and O–H groups in total. The average Bonchev–Trinajstić information content (AvgIpc) is 3.37. The van der Waals surface area contributed by atoms with E-state index in [4.69, 9.17) is 20.8 Å². The van der Waals surface area contributed by atoms with Crippen LogP contribution in [0.3, 0.4) is 0 Å². The molecule has 0 atom stereocenters. The Kier molecular flexibility index (Phi) is 5.99. The van der Waals surface area contributed by atoms with Crippen molar-refractivity contribution in [3.05, 3.63) is 112 Å². The molecular formula is C27H18ClN3O4. The molecule has 172 valence electrons. The van der Waals surface area contributed by atoms with E-state index < -0.39 is 5.97 Å². The molecule has 0 radical (unpaired) electrons. The van der Waals surface area contributed by atoms with Crippen LogP contribution in [0.1, 0.15) is 16.1 Å². The molecule has 0 aliphatic heterocycles. The number of carbonyl (C=O) groups excluding carboxylic acids is 1. The molecule has 0 saturated carbocycles. The van der Waals surface area contributed by atoms with Gasteiger partial charge in [0.2, 0.25) is 0 Å². The summed E-state index contributed by atoms with van der Waals surface area (Å²) in [6.07, 6.45) is 1.44. The number of benzene rings is 3. The summed E-state index contributed by atoms with van der Waals surface area (Å²) in [5.41, 5.74) is 1.91. The molecule has 0 amide bonds. The van der Waals surface area contributed by atoms with Gasteiger partial charge in [0.05, 0.1) is 34.8 Å². The number of methoxy groups -OCH3 is 1. The Balaban J connectivity index is 1.56. The summed E-state index contributed by atoms with van der Waals surface area (Å²) in [6, 6.07) is 24.7. The highest BCUT2D eigenvalue weighted by Gasteiger charge is 2.14. The number of furan rings is 1. The minimum Gasteiger partial charge on any atom is -0.465 e. The summed E-state index contributed by atoms with van der Waals surface area (Å²) in [7, 11) is 1.31. The number of nitrogens with zero attached hydrogens (tertiary/aromatic N) is 3. The van der Waals surface area contributed by atoms with Crippen LogP contribution in [0.25, 0.3) is 33.6 Å². The van der Waals surface area contributed by atoms with Crippen LogP contribution in [0.15, 0.2) is 99.2 Å². The zero-order valence-electron chi connectivity index (χ0n) is 18.5. The molecule has 35 heavy (non-hydrogen) atoms. The fraction of sp³-hybridized carbons (Fsp3) is 0.0370. The summed E-state index contributed by atoms with van der Waals surface area (Å²) in [4.78, 5) is 29.8. The molecule has 0 bridgehead atoms. The zero-order valence-corrected chi connectivity index (χ0v) is 19.3. The third-order valence-electron chi connectivity index (χ3n) is 5.37. The van der Waals surface area contributed by atoms with Gasteiger partial charge in [-0.15, -0.1) is 0 Å². The van der Waals surface area contributed by atoms with Crippen molar-refractivity contribution in [2.24, 2.45) is 5.10 Å². The second-order valence-corrected chi connectivity index (χ2v) is 7.98. The summed E-state index contributed by atoms with van der Waals surface area (Å²) >= 11 is 6.33. The lowest BCUT2D eigenvalue weighted by Gasteiger charge is -2.09. The van der Waals surface area contributed by atoms with E-state index in [-0.39, 0.29) is 5.56 Å². The van der Waals surface area contributed by atoms with Gasteiger partial charge in [0.25, 0.3) is 5.56 Å². The van der Waals surface area contributed by atoms with Gasteiger partial charge in [0, 0.05) is 11.1 Å². The SMILES string of the molecule is COC(=O)c1ccc(Cl)c(-c2ccc(C=Nn3c(-c4ccccc4)nc4ccccc4c3=O)o2)c1. The van der Waals surface area contributed by atoms with Gasteiger partial charge >= 0.3 is 5.97 Å². The van der Waals surface area contributed by atoms with E-state index in [9.17, 15) is 9.59 Å². The van der Waals surface area contributed by atoms with Crippen LogP contribution in [0, 0.1) is 0 Å². The first-order chi connectivity index (χ1) is 17.0. The molecular weight excluding hydrogens is 466 g/mol. The van der Waals surface area contributed by atoms with Crippen molar-refractivity contribution >= 4 is 34.7 Å². The lowest BCUT2D eigenvalue weighted by Crippen LogP contribution is -2.20. The van der Waals surface area contributed by atoms with E-state index in [1.165, 1.54) is 18.0 Å². The lowest BCUT2D eigenvalue weighted by molar-refractivity contribution is 0.0601. The van der Waals surface area contributed by atoms with E-state index in [1.807, 2.05) is 36.4 Å². The van der Waals surface area contributed by atoms with Crippen LogP contribution in [-0.4, -0.2) is 29.0 Å². The predicted molar refractivity (Wildman–Crippen MR) is 135 cm³/mol. The first-order valence-electron chi connectivity index (χ1n) is 10.6. The Labute approximate surface area is 204 Å². The second-order valence-electron chi connectivity index (χ2n) is 7.57. The lowest BCUT2D eigenvalue weighted by atomic mass is 10.1. The summed E-state index contributed by atoms with van der Waals surface area (Å²) < 4.78 is 11.9. The van der Waals surface area contributed by atoms with Crippen LogP contribution in [0.2, 0.25) is 5.02 Å². The van der Waals surface area contributed by atoms with Crippen molar-refractivity contribution in [3.8, 4) is 22.7 Å². The maximum atomic E-state index is 13.3. The molecule has 2 heterocycles. The Morgan fingerprint density at radius 3 is 2.60 bits per heavy atom. The van der Waals surface area contributed by atoms with Crippen LogP contribution in [0.5, 0.6) is 0 Å². The maximum absolute atomic E-state index is 13.3. The van der Waals surface area contributed by atoms with E-state index in [0.717, 1.165) is 5.56 Å². The number of rotatable bonds is 5. The highest BCUT2D eigenvalue weighted by molar-refractivity contribution is 6.33. The summed E-state index contributed by atoms with van der Waals surface area (Å²) in [6.45, 7) is 0. The molecule has 5 rings (SSSR count). The van der Waals surface area contributed by atoms with Gasteiger partial charge in [0.15, 0.2) is 5.82 Å². The number of hydrogen-bond acceptors (Lipinski definition) is 6. The average molecular weight is 484 g/mol. The molecule has 0 spiro atoms. The number of ether oxygens (including phenoxy) is 1. The van der Waals surface area contributed by atoms with Crippen LogP contribution in [0.4, 0.5) is 0 Å². The van der Waals surface area contributed by atoms with E-state index in [1.54, 1.807) is 48.5 Å². The second kappa shape index (κ2) is 9.40. The fourth-order valence-electron chi connectivity index (χ4n) is 3.65. The maximum Gasteiger partial charge on any atom is 0.337 e.